The number of hydrogen-bond acceptors (Lipinski definition) is 1. The van der Waals surface area contributed by atoms with Gasteiger partial charge in [-0.25, -0.2) is 0 Å². The molecule has 1 unspecified atom stereocenters. The van der Waals surface area contributed by atoms with Crippen molar-refractivity contribution in [3.05, 3.63) is 36.6 Å². The summed E-state index contributed by atoms with van der Waals surface area (Å²) in [6, 6.07) is 0. The Morgan fingerprint density at radius 1 is 1.82 bits per heavy atom. The van der Waals surface area contributed by atoms with Crippen LogP contribution in [0.3, 0.4) is 0 Å². The molecule has 0 radical (unpaired) electrons. The van der Waals surface area contributed by atoms with Crippen LogP contribution in [0.2, 0.25) is 0 Å². The molecule has 1 nitrogen and oxygen atoms in total. The highest BCUT2D eigenvalue weighted by molar-refractivity contribution is 5.24. The minimum Gasteiger partial charge on any atom is -0.508 e. The Balaban J connectivity index is 2.79. The predicted molar refractivity (Wildman–Crippen MR) is 47.4 cm³/mol. The first kappa shape index (κ1) is 8.12. The second-order valence-corrected chi connectivity index (χ2v) is 2.96. The molecular formula is C10H14O. The van der Waals surface area contributed by atoms with Crippen molar-refractivity contribution in [3.63, 3.8) is 0 Å². The molecule has 11 heavy (non-hydrogen) atoms. The van der Waals surface area contributed by atoms with Crippen LogP contribution in [0.15, 0.2) is 36.6 Å². The molecule has 1 heteroatoms. The van der Waals surface area contributed by atoms with Gasteiger partial charge in [0, 0.05) is 5.41 Å². The quantitative estimate of drug-likeness (QED) is 0.600. The van der Waals surface area contributed by atoms with Gasteiger partial charge in [0.05, 0.1) is 0 Å². The molecule has 0 aliphatic heterocycles. The van der Waals surface area contributed by atoms with Crippen LogP contribution in [-0.2, 0) is 0 Å². The summed E-state index contributed by atoms with van der Waals surface area (Å²) in [5.41, 5.74) is 0.0895. The first-order chi connectivity index (χ1) is 5.22. The third-order valence-electron chi connectivity index (χ3n) is 2.34. The van der Waals surface area contributed by atoms with Crippen LogP contribution in [0.1, 0.15) is 19.8 Å². The van der Waals surface area contributed by atoms with Crippen LogP contribution in [0.5, 0.6) is 0 Å². The van der Waals surface area contributed by atoms with Crippen LogP contribution in [-0.4, -0.2) is 5.11 Å². The van der Waals surface area contributed by atoms with E-state index in [1.165, 1.54) is 0 Å². The van der Waals surface area contributed by atoms with Gasteiger partial charge >= 0.3 is 0 Å². The molecule has 1 rings (SSSR count). The fraction of sp³-hybridized carbons (Fsp3) is 0.400. The molecule has 0 aromatic carbocycles. The Hall–Kier alpha value is -0.980. The second kappa shape index (κ2) is 2.95. The van der Waals surface area contributed by atoms with Crippen LogP contribution < -0.4 is 0 Å². The Morgan fingerprint density at radius 3 is 2.91 bits per heavy atom. The number of rotatable bonds is 2. The maximum atomic E-state index is 9.07. The summed E-state index contributed by atoms with van der Waals surface area (Å²) < 4.78 is 0. The number of aliphatic hydroxyl groups excluding tert-OH is 1. The lowest BCUT2D eigenvalue weighted by molar-refractivity contribution is 0.400. The van der Waals surface area contributed by atoms with Gasteiger partial charge in [0.2, 0.25) is 0 Å². The average Bonchev–Trinajstić information content (AvgIpc) is 2.07. The minimum atomic E-state index is 0.0895. The zero-order chi connectivity index (χ0) is 8.32. The van der Waals surface area contributed by atoms with E-state index in [1.54, 1.807) is 6.08 Å². The van der Waals surface area contributed by atoms with Gasteiger partial charge in [-0.3, -0.25) is 0 Å². The van der Waals surface area contributed by atoms with Crippen LogP contribution in [0, 0.1) is 5.41 Å². The molecule has 0 fully saturated rings. The van der Waals surface area contributed by atoms with Gasteiger partial charge in [-0.15, -0.1) is 6.58 Å². The van der Waals surface area contributed by atoms with E-state index in [2.05, 4.69) is 13.5 Å². The van der Waals surface area contributed by atoms with E-state index in [4.69, 9.17) is 5.11 Å². The molecule has 0 aromatic heterocycles. The van der Waals surface area contributed by atoms with Crippen LogP contribution in [0.25, 0.3) is 0 Å². The van der Waals surface area contributed by atoms with E-state index in [0.29, 0.717) is 5.76 Å². The number of hydrogen-bond donors (Lipinski definition) is 1. The molecule has 0 saturated carbocycles. The lowest BCUT2D eigenvalue weighted by Gasteiger charge is -2.26. The second-order valence-electron chi connectivity index (χ2n) is 2.96. The van der Waals surface area contributed by atoms with Crippen molar-refractivity contribution in [1.29, 1.82) is 0 Å². The molecule has 1 aliphatic carbocycles. The van der Waals surface area contributed by atoms with Crippen LogP contribution in [0.4, 0.5) is 0 Å². The fourth-order valence-electron chi connectivity index (χ4n) is 1.24. The first-order valence-electron chi connectivity index (χ1n) is 3.94. The molecule has 1 aliphatic rings. The molecule has 1 N–H and O–H groups in total. The van der Waals surface area contributed by atoms with Crippen molar-refractivity contribution in [2.75, 3.05) is 0 Å². The van der Waals surface area contributed by atoms with Gasteiger partial charge < -0.3 is 5.11 Å². The molecule has 0 spiro atoms. The van der Waals surface area contributed by atoms with Gasteiger partial charge in [0.1, 0.15) is 5.76 Å². The van der Waals surface area contributed by atoms with Crippen molar-refractivity contribution in [3.8, 4) is 0 Å². The monoisotopic (exact) mass is 150 g/mol. The number of allylic oxidation sites excluding steroid dienone is 4. The summed E-state index contributed by atoms with van der Waals surface area (Å²) in [4.78, 5) is 0. The van der Waals surface area contributed by atoms with E-state index < -0.39 is 0 Å². The Labute approximate surface area is 67.7 Å². The molecular weight excluding hydrogens is 136 g/mol. The zero-order valence-corrected chi connectivity index (χ0v) is 6.88. The summed E-state index contributed by atoms with van der Waals surface area (Å²) in [6.07, 6.45) is 9.47. The van der Waals surface area contributed by atoms with E-state index in [1.807, 2.05) is 18.2 Å². The van der Waals surface area contributed by atoms with E-state index in [0.717, 1.165) is 12.8 Å². The van der Waals surface area contributed by atoms with Crippen molar-refractivity contribution in [1.82, 2.24) is 0 Å². The van der Waals surface area contributed by atoms with Gasteiger partial charge in [0.25, 0.3) is 0 Å². The molecule has 0 saturated heterocycles. The summed E-state index contributed by atoms with van der Waals surface area (Å²) in [7, 11) is 0. The zero-order valence-electron chi connectivity index (χ0n) is 6.88. The van der Waals surface area contributed by atoms with Crippen molar-refractivity contribution in [2.24, 2.45) is 5.41 Å². The highest BCUT2D eigenvalue weighted by atomic mass is 16.3. The first-order valence-corrected chi connectivity index (χ1v) is 3.94. The van der Waals surface area contributed by atoms with Gasteiger partial charge in [-0.05, 0) is 25.0 Å². The van der Waals surface area contributed by atoms with E-state index in [-0.39, 0.29) is 5.41 Å². The van der Waals surface area contributed by atoms with Gasteiger partial charge in [-0.1, -0.05) is 19.1 Å². The van der Waals surface area contributed by atoms with Gasteiger partial charge in [-0.2, -0.15) is 0 Å². The molecule has 0 amide bonds. The van der Waals surface area contributed by atoms with Crippen molar-refractivity contribution in [2.45, 2.75) is 19.8 Å². The standard InChI is InChI=1S/C10H14O/c1-3-10(4-2)7-5-9(11)6-8-10/h3,5-7,11H,1,4,8H2,2H3. The van der Waals surface area contributed by atoms with Crippen LogP contribution >= 0.6 is 0 Å². The maximum absolute atomic E-state index is 9.07. The molecule has 0 heterocycles. The largest absolute Gasteiger partial charge is 0.508 e. The molecule has 60 valence electrons. The number of aliphatic hydroxyl groups is 1. The summed E-state index contributed by atoms with van der Waals surface area (Å²) in [5, 5.41) is 9.07. The summed E-state index contributed by atoms with van der Waals surface area (Å²) >= 11 is 0. The van der Waals surface area contributed by atoms with E-state index >= 15 is 0 Å². The highest BCUT2D eigenvalue weighted by Crippen LogP contribution is 2.33. The Bertz CT molecular complexity index is 213. The van der Waals surface area contributed by atoms with Crippen molar-refractivity contribution >= 4 is 0 Å². The topological polar surface area (TPSA) is 20.2 Å². The Kier molecular flexibility index (Phi) is 2.18. The average molecular weight is 150 g/mol. The molecule has 0 aromatic rings. The smallest absolute Gasteiger partial charge is 0.111 e. The summed E-state index contributed by atoms with van der Waals surface area (Å²) in [6.45, 7) is 5.92. The predicted octanol–water partition coefficient (Wildman–Crippen LogP) is 2.97. The van der Waals surface area contributed by atoms with E-state index in [9.17, 15) is 0 Å². The highest BCUT2D eigenvalue weighted by Gasteiger charge is 2.21. The third kappa shape index (κ3) is 1.53. The normalized spacial score (nSPS) is 29.7. The SMILES string of the molecule is C=CC1(CC)C=CC(O)=CC1. The third-order valence-corrected chi connectivity index (χ3v) is 2.34. The fourth-order valence-corrected chi connectivity index (χ4v) is 1.24. The lowest BCUT2D eigenvalue weighted by atomic mass is 9.79. The summed E-state index contributed by atoms with van der Waals surface area (Å²) in [5.74, 6) is 0.371. The van der Waals surface area contributed by atoms with Crippen molar-refractivity contribution < 1.29 is 5.11 Å². The maximum Gasteiger partial charge on any atom is 0.111 e. The lowest BCUT2D eigenvalue weighted by Crippen LogP contribution is -2.14. The van der Waals surface area contributed by atoms with Gasteiger partial charge in [0.15, 0.2) is 0 Å². The molecule has 1 atom stereocenters. The molecule has 0 bridgehead atoms. The Morgan fingerprint density at radius 2 is 2.55 bits per heavy atom. The minimum absolute atomic E-state index is 0.0895.